The van der Waals surface area contributed by atoms with Crippen LogP contribution in [0.15, 0.2) is 18.2 Å². The van der Waals surface area contributed by atoms with E-state index in [9.17, 15) is 0 Å². The molecule has 0 spiro atoms. The molecule has 1 aromatic carbocycles. The Hall–Kier alpha value is -0.730. The van der Waals surface area contributed by atoms with Gasteiger partial charge in [0.15, 0.2) is 0 Å². The summed E-state index contributed by atoms with van der Waals surface area (Å²) >= 11 is 5.98. The molecule has 2 N–H and O–H groups in total. The Labute approximate surface area is 102 Å². The second-order valence-electron chi connectivity index (χ2n) is 4.49. The lowest BCUT2D eigenvalue weighted by Gasteiger charge is -2.20. The van der Waals surface area contributed by atoms with Crippen molar-refractivity contribution in [2.75, 3.05) is 6.54 Å². The van der Waals surface area contributed by atoms with E-state index in [4.69, 9.17) is 22.1 Å². The standard InChI is InChI=1S/C13H18ClNO/c1-9-7-11(5-6-12(9)14)16-13-4-2-3-10(13)8-15/h5-7,10,13H,2-4,8,15H2,1H3. The van der Waals surface area contributed by atoms with Gasteiger partial charge in [0.05, 0.1) is 0 Å². The van der Waals surface area contributed by atoms with Crippen molar-refractivity contribution < 1.29 is 4.74 Å². The number of rotatable bonds is 3. The van der Waals surface area contributed by atoms with Gasteiger partial charge in [0.1, 0.15) is 11.9 Å². The monoisotopic (exact) mass is 239 g/mol. The minimum absolute atomic E-state index is 0.283. The van der Waals surface area contributed by atoms with Crippen molar-refractivity contribution in [2.45, 2.75) is 32.3 Å². The van der Waals surface area contributed by atoms with Crippen LogP contribution in [0, 0.1) is 12.8 Å². The average Bonchev–Trinajstić information content (AvgIpc) is 2.71. The normalized spacial score (nSPS) is 24.7. The summed E-state index contributed by atoms with van der Waals surface area (Å²) in [6, 6.07) is 5.81. The van der Waals surface area contributed by atoms with Gasteiger partial charge in [0.2, 0.25) is 0 Å². The lowest BCUT2D eigenvalue weighted by atomic mass is 10.1. The molecular formula is C13H18ClNO. The molecule has 1 aliphatic rings. The summed E-state index contributed by atoms with van der Waals surface area (Å²) in [5.41, 5.74) is 6.79. The van der Waals surface area contributed by atoms with Crippen LogP contribution in [0.3, 0.4) is 0 Å². The Morgan fingerprint density at radius 1 is 1.44 bits per heavy atom. The maximum atomic E-state index is 5.98. The highest BCUT2D eigenvalue weighted by Gasteiger charge is 2.27. The maximum absolute atomic E-state index is 5.98. The number of hydrogen-bond acceptors (Lipinski definition) is 2. The van der Waals surface area contributed by atoms with Crippen molar-refractivity contribution in [1.82, 2.24) is 0 Å². The van der Waals surface area contributed by atoms with Crippen molar-refractivity contribution in [3.05, 3.63) is 28.8 Å². The van der Waals surface area contributed by atoms with Crippen LogP contribution in [0.5, 0.6) is 5.75 Å². The molecule has 3 heteroatoms. The third-order valence-corrected chi connectivity index (χ3v) is 3.73. The van der Waals surface area contributed by atoms with Crippen molar-refractivity contribution in [3.63, 3.8) is 0 Å². The Morgan fingerprint density at radius 2 is 2.25 bits per heavy atom. The first-order chi connectivity index (χ1) is 7.70. The molecule has 0 amide bonds. The van der Waals surface area contributed by atoms with Crippen LogP contribution in [0.1, 0.15) is 24.8 Å². The molecule has 1 saturated carbocycles. The fourth-order valence-electron chi connectivity index (χ4n) is 2.29. The zero-order chi connectivity index (χ0) is 11.5. The first kappa shape index (κ1) is 11.7. The molecule has 0 saturated heterocycles. The van der Waals surface area contributed by atoms with Crippen LogP contribution in [0.2, 0.25) is 5.02 Å². The van der Waals surface area contributed by atoms with Crippen LogP contribution in [0.25, 0.3) is 0 Å². The Kier molecular flexibility index (Phi) is 3.72. The minimum atomic E-state index is 0.283. The van der Waals surface area contributed by atoms with Crippen molar-refractivity contribution in [2.24, 2.45) is 11.7 Å². The van der Waals surface area contributed by atoms with E-state index in [1.807, 2.05) is 25.1 Å². The van der Waals surface area contributed by atoms with E-state index >= 15 is 0 Å². The lowest BCUT2D eigenvalue weighted by Crippen LogP contribution is -2.27. The van der Waals surface area contributed by atoms with Gasteiger partial charge in [0, 0.05) is 10.9 Å². The molecule has 0 radical (unpaired) electrons. The van der Waals surface area contributed by atoms with E-state index in [2.05, 4.69) is 0 Å². The van der Waals surface area contributed by atoms with Crippen molar-refractivity contribution in [3.8, 4) is 5.75 Å². The highest BCUT2D eigenvalue weighted by atomic mass is 35.5. The predicted octanol–water partition coefficient (Wildman–Crippen LogP) is 3.15. The summed E-state index contributed by atoms with van der Waals surface area (Å²) in [6.07, 6.45) is 3.81. The van der Waals surface area contributed by atoms with Gasteiger partial charge in [-0.1, -0.05) is 11.6 Å². The van der Waals surface area contributed by atoms with Crippen LogP contribution >= 0.6 is 11.6 Å². The average molecular weight is 240 g/mol. The van der Waals surface area contributed by atoms with Gasteiger partial charge in [-0.3, -0.25) is 0 Å². The Balaban J connectivity index is 2.05. The third kappa shape index (κ3) is 2.50. The summed E-state index contributed by atoms with van der Waals surface area (Å²) in [4.78, 5) is 0. The minimum Gasteiger partial charge on any atom is -0.490 e. The molecule has 1 fully saturated rings. The molecule has 0 aliphatic heterocycles. The number of ether oxygens (including phenoxy) is 1. The van der Waals surface area contributed by atoms with Gasteiger partial charge < -0.3 is 10.5 Å². The summed E-state index contributed by atoms with van der Waals surface area (Å²) in [5.74, 6) is 1.42. The number of benzene rings is 1. The smallest absolute Gasteiger partial charge is 0.120 e. The summed E-state index contributed by atoms with van der Waals surface area (Å²) in [5, 5.41) is 0.786. The molecule has 2 atom stereocenters. The first-order valence-electron chi connectivity index (χ1n) is 5.83. The zero-order valence-electron chi connectivity index (χ0n) is 9.58. The topological polar surface area (TPSA) is 35.2 Å². The molecular weight excluding hydrogens is 222 g/mol. The summed E-state index contributed by atoms with van der Waals surface area (Å²) < 4.78 is 5.98. The maximum Gasteiger partial charge on any atom is 0.120 e. The SMILES string of the molecule is Cc1cc(OC2CCCC2CN)ccc1Cl. The molecule has 88 valence electrons. The van der Waals surface area contributed by atoms with E-state index < -0.39 is 0 Å². The summed E-state index contributed by atoms with van der Waals surface area (Å²) in [6.45, 7) is 2.71. The first-order valence-corrected chi connectivity index (χ1v) is 6.21. The molecule has 2 unspecified atom stereocenters. The zero-order valence-corrected chi connectivity index (χ0v) is 10.3. The highest BCUT2D eigenvalue weighted by molar-refractivity contribution is 6.31. The highest BCUT2D eigenvalue weighted by Crippen LogP contribution is 2.30. The fraction of sp³-hybridized carbons (Fsp3) is 0.538. The molecule has 2 rings (SSSR count). The molecule has 0 aromatic heterocycles. The van der Waals surface area contributed by atoms with Gasteiger partial charge in [-0.25, -0.2) is 0 Å². The van der Waals surface area contributed by atoms with Gasteiger partial charge in [0.25, 0.3) is 0 Å². The summed E-state index contributed by atoms with van der Waals surface area (Å²) in [7, 11) is 0. The van der Waals surface area contributed by atoms with E-state index in [0.717, 1.165) is 29.3 Å². The van der Waals surface area contributed by atoms with Crippen LogP contribution in [-0.2, 0) is 0 Å². The second kappa shape index (κ2) is 5.07. The third-order valence-electron chi connectivity index (χ3n) is 3.31. The Morgan fingerprint density at radius 3 is 2.94 bits per heavy atom. The van der Waals surface area contributed by atoms with Gasteiger partial charge in [-0.2, -0.15) is 0 Å². The molecule has 1 aliphatic carbocycles. The van der Waals surface area contributed by atoms with Gasteiger partial charge in [-0.05, 0) is 56.5 Å². The molecule has 1 aromatic rings. The number of hydrogen-bond donors (Lipinski definition) is 1. The van der Waals surface area contributed by atoms with Crippen LogP contribution in [0.4, 0.5) is 0 Å². The van der Waals surface area contributed by atoms with Crippen LogP contribution in [-0.4, -0.2) is 12.6 Å². The molecule has 0 bridgehead atoms. The quantitative estimate of drug-likeness (QED) is 0.880. The molecule has 0 heterocycles. The van der Waals surface area contributed by atoms with E-state index in [-0.39, 0.29) is 6.10 Å². The van der Waals surface area contributed by atoms with Gasteiger partial charge in [-0.15, -0.1) is 0 Å². The Bertz CT molecular complexity index is 367. The number of halogens is 1. The van der Waals surface area contributed by atoms with Gasteiger partial charge >= 0.3 is 0 Å². The van der Waals surface area contributed by atoms with Crippen molar-refractivity contribution in [1.29, 1.82) is 0 Å². The van der Waals surface area contributed by atoms with Crippen molar-refractivity contribution >= 4 is 11.6 Å². The van der Waals surface area contributed by atoms with E-state index in [1.54, 1.807) is 0 Å². The van der Waals surface area contributed by atoms with E-state index in [0.29, 0.717) is 5.92 Å². The second-order valence-corrected chi connectivity index (χ2v) is 4.90. The molecule has 2 nitrogen and oxygen atoms in total. The number of aryl methyl sites for hydroxylation is 1. The molecule has 16 heavy (non-hydrogen) atoms. The predicted molar refractivity (Wildman–Crippen MR) is 67.0 cm³/mol. The number of nitrogens with two attached hydrogens (primary N) is 1. The fourth-order valence-corrected chi connectivity index (χ4v) is 2.41. The van der Waals surface area contributed by atoms with Crippen LogP contribution < -0.4 is 10.5 Å². The van der Waals surface area contributed by atoms with E-state index in [1.165, 1.54) is 12.8 Å². The lowest BCUT2D eigenvalue weighted by molar-refractivity contribution is 0.162. The largest absolute Gasteiger partial charge is 0.490 e.